The molecule has 1 saturated heterocycles. The molecule has 1 amide bonds. The highest BCUT2D eigenvalue weighted by molar-refractivity contribution is 7.91. The van der Waals surface area contributed by atoms with Crippen molar-refractivity contribution >= 4 is 26.7 Å². The van der Waals surface area contributed by atoms with Crippen LogP contribution in [0.4, 0.5) is 0 Å². The molecule has 4 rings (SSSR count). The summed E-state index contributed by atoms with van der Waals surface area (Å²) in [6.45, 7) is 1.80. The Kier molecular flexibility index (Phi) is 3.49. The van der Waals surface area contributed by atoms with Crippen LogP contribution < -0.4 is 5.32 Å². The third-order valence-corrected chi connectivity index (χ3v) is 7.07. The molecule has 1 aliphatic carbocycles. The van der Waals surface area contributed by atoms with Gasteiger partial charge < -0.3 is 9.73 Å². The summed E-state index contributed by atoms with van der Waals surface area (Å²) in [5.74, 6) is 0.00782. The summed E-state index contributed by atoms with van der Waals surface area (Å²) in [6, 6.07) is 4.23. The van der Waals surface area contributed by atoms with E-state index in [1.807, 2.05) is 0 Å². The number of carbonyl (C=O) groups is 1. The first-order valence-corrected chi connectivity index (χ1v) is 10.2. The van der Waals surface area contributed by atoms with Crippen molar-refractivity contribution in [2.75, 3.05) is 11.5 Å². The molecule has 1 aromatic carbocycles. The molecular formula is C18H21NO4S. The molecule has 6 heteroatoms. The molecular weight excluding hydrogens is 326 g/mol. The van der Waals surface area contributed by atoms with E-state index in [0.29, 0.717) is 6.42 Å². The molecule has 24 heavy (non-hydrogen) atoms. The van der Waals surface area contributed by atoms with E-state index in [1.54, 1.807) is 13.2 Å². The highest BCUT2D eigenvalue weighted by Gasteiger charge is 2.39. The number of benzene rings is 1. The topological polar surface area (TPSA) is 76.4 Å². The average molecular weight is 347 g/mol. The third kappa shape index (κ3) is 2.83. The van der Waals surface area contributed by atoms with Crippen LogP contribution in [0.3, 0.4) is 0 Å². The maximum atomic E-state index is 12.4. The number of hydrogen-bond donors (Lipinski definition) is 1. The lowest BCUT2D eigenvalue weighted by molar-refractivity contribution is -0.121. The maximum Gasteiger partial charge on any atom is 0.225 e. The quantitative estimate of drug-likeness (QED) is 0.923. The predicted octanol–water partition coefficient (Wildman–Crippen LogP) is 2.16. The SMILES string of the molecule is C[C@]1(NC(=O)Cc2coc3cc4c(cc23)CCC4)CCS(=O)(=O)C1. The molecule has 0 saturated carbocycles. The Bertz CT molecular complexity index is 928. The summed E-state index contributed by atoms with van der Waals surface area (Å²) in [5.41, 5.74) is 3.72. The van der Waals surface area contributed by atoms with E-state index in [-0.39, 0.29) is 23.8 Å². The van der Waals surface area contributed by atoms with Crippen molar-refractivity contribution in [1.29, 1.82) is 0 Å². The van der Waals surface area contributed by atoms with Crippen molar-refractivity contribution in [2.45, 2.75) is 44.6 Å². The minimum absolute atomic E-state index is 0.0192. The second kappa shape index (κ2) is 5.34. The molecule has 0 unspecified atom stereocenters. The summed E-state index contributed by atoms with van der Waals surface area (Å²) < 4.78 is 29.0. The molecule has 0 radical (unpaired) electrons. The molecule has 2 aliphatic rings. The van der Waals surface area contributed by atoms with Crippen LogP contribution in [-0.4, -0.2) is 31.4 Å². The van der Waals surface area contributed by atoms with Gasteiger partial charge in [0, 0.05) is 10.9 Å². The summed E-state index contributed by atoms with van der Waals surface area (Å²) in [6.07, 6.45) is 5.67. The first-order chi connectivity index (χ1) is 11.3. The average Bonchev–Trinajstić information content (AvgIpc) is 3.15. The van der Waals surface area contributed by atoms with Gasteiger partial charge in [0.15, 0.2) is 9.84 Å². The van der Waals surface area contributed by atoms with Gasteiger partial charge >= 0.3 is 0 Å². The van der Waals surface area contributed by atoms with Crippen molar-refractivity contribution in [3.8, 4) is 0 Å². The molecule has 5 nitrogen and oxygen atoms in total. The standard InChI is InChI=1S/C18H21NO4S/c1-18(5-6-24(21,22)11-18)19-17(20)9-14-10-23-16-8-13-4-2-3-12(13)7-15(14)16/h7-8,10H,2-6,9,11H2,1H3,(H,19,20)/t18-/m0/s1. The minimum Gasteiger partial charge on any atom is -0.464 e. The normalized spacial score (nSPS) is 25.0. The Balaban J connectivity index is 1.53. The Hall–Kier alpha value is -1.82. The number of fused-ring (bicyclic) bond motifs is 2. The van der Waals surface area contributed by atoms with E-state index in [9.17, 15) is 13.2 Å². The van der Waals surface area contributed by atoms with Crippen LogP contribution in [0, 0.1) is 0 Å². The van der Waals surface area contributed by atoms with Gasteiger partial charge in [-0.15, -0.1) is 0 Å². The molecule has 128 valence electrons. The van der Waals surface area contributed by atoms with E-state index < -0.39 is 15.4 Å². The van der Waals surface area contributed by atoms with Gasteiger partial charge in [0.1, 0.15) is 5.58 Å². The number of nitrogens with one attached hydrogen (secondary N) is 1. The second-order valence-electron chi connectivity index (χ2n) is 7.36. The molecule has 2 aromatic rings. The van der Waals surface area contributed by atoms with Gasteiger partial charge in [0.05, 0.1) is 29.7 Å². The number of hydrogen-bond acceptors (Lipinski definition) is 4. The van der Waals surface area contributed by atoms with E-state index in [0.717, 1.165) is 29.4 Å². The molecule has 1 fully saturated rings. The Morgan fingerprint density at radius 3 is 2.75 bits per heavy atom. The highest BCUT2D eigenvalue weighted by atomic mass is 32.2. The lowest BCUT2D eigenvalue weighted by atomic mass is 10.0. The number of sulfone groups is 1. The maximum absolute atomic E-state index is 12.4. The van der Waals surface area contributed by atoms with Gasteiger partial charge in [-0.3, -0.25) is 4.79 Å². The fourth-order valence-corrected chi connectivity index (χ4v) is 6.04. The smallest absolute Gasteiger partial charge is 0.225 e. The van der Waals surface area contributed by atoms with Crippen LogP contribution in [0.2, 0.25) is 0 Å². The van der Waals surface area contributed by atoms with Crippen LogP contribution in [0.1, 0.15) is 36.5 Å². The summed E-state index contributed by atoms with van der Waals surface area (Å²) >= 11 is 0. The van der Waals surface area contributed by atoms with Crippen molar-refractivity contribution in [3.05, 3.63) is 35.1 Å². The fraction of sp³-hybridized carbons (Fsp3) is 0.500. The first-order valence-electron chi connectivity index (χ1n) is 8.37. The van der Waals surface area contributed by atoms with E-state index in [4.69, 9.17) is 4.42 Å². The number of furan rings is 1. The highest BCUT2D eigenvalue weighted by Crippen LogP contribution is 2.31. The summed E-state index contributed by atoms with van der Waals surface area (Å²) in [5, 5.41) is 3.90. The van der Waals surface area contributed by atoms with Crippen molar-refractivity contribution in [1.82, 2.24) is 5.32 Å². The molecule has 0 spiro atoms. The number of rotatable bonds is 3. The number of amides is 1. The zero-order valence-electron chi connectivity index (χ0n) is 13.7. The zero-order chi connectivity index (χ0) is 16.9. The van der Waals surface area contributed by atoms with Crippen molar-refractivity contribution in [2.24, 2.45) is 0 Å². The van der Waals surface area contributed by atoms with E-state index in [1.165, 1.54) is 17.5 Å². The van der Waals surface area contributed by atoms with Crippen LogP contribution in [0.15, 0.2) is 22.8 Å². The Morgan fingerprint density at radius 2 is 2.04 bits per heavy atom. The van der Waals surface area contributed by atoms with E-state index >= 15 is 0 Å². The lowest BCUT2D eigenvalue weighted by Crippen LogP contribution is -2.47. The third-order valence-electron chi connectivity index (χ3n) is 5.16. The number of aryl methyl sites for hydroxylation is 2. The van der Waals surface area contributed by atoms with Gasteiger partial charge in [0.25, 0.3) is 0 Å². The largest absolute Gasteiger partial charge is 0.464 e. The predicted molar refractivity (Wildman–Crippen MR) is 91.8 cm³/mol. The van der Waals surface area contributed by atoms with Gasteiger partial charge in [-0.2, -0.15) is 0 Å². The molecule has 1 atom stereocenters. The van der Waals surface area contributed by atoms with Crippen LogP contribution in [0.25, 0.3) is 11.0 Å². The number of carbonyl (C=O) groups excluding carboxylic acids is 1. The molecule has 2 heterocycles. The summed E-state index contributed by atoms with van der Waals surface area (Å²) in [7, 11) is -3.04. The lowest BCUT2D eigenvalue weighted by Gasteiger charge is -2.23. The van der Waals surface area contributed by atoms with Crippen LogP contribution in [0.5, 0.6) is 0 Å². The summed E-state index contributed by atoms with van der Waals surface area (Å²) in [4.78, 5) is 12.4. The van der Waals surface area contributed by atoms with Gasteiger partial charge in [-0.05, 0) is 55.9 Å². The monoisotopic (exact) mass is 347 g/mol. The van der Waals surface area contributed by atoms with Gasteiger partial charge in [-0.25, -0.2) is 8.42 Å². The van der Waals surface area contributed by atoms with Gasteiger partial charge in [0.2, 0.25) is 5.91 Å². The van der Waals surface area contributed by atoms with Gasteiger partial charge in [-0.1, -0.05) is 0 Å². The first kappa shape index (κ1) is 15.7. The molecule has 1 N–H and O–H groups in total. The van der Waals surface area contributed by atoms with Crippen molar-refractivity contribution < 1.29 is 17.6 Å². The van der Waals surface area contributed by atoms with Crippen LogP contribution in [-0.2, 0) is 33.9 Å². The Morgan fingerprint density at radius 1 is 1.29 bits per heavy atom. The van der Waals surface area contributed by atoms with Crippen molar-refractivity contribution in [3.63, 3.8) is 0 Å². The minimum atomic E-state index is -3.04. The molecule has 0 bridgehead atoms. The Labute approximate surface area is 141 Å². The second-order valence-corrected chi connectivity index (χ2v) is 9.54. The zero-order valence-corrected chi connectivity index (χ0v) is 14.5. The molecule has 1 aliphatic heterocycles. The van der Waals surface area contributed by atoms with Crippen LogP contribution >= 0.6 is 0 Å². The van der Waals surface area contributed by atoms with E-state index in [2.05, 4.69) is 17.4 Å². The molecule has 1 aromatic heterocycles. The fourth-order valence-electron chi connectivity index (χ4n) is 3.95.